The zero-order valence-corrected chi connectivity index (χ0v) is 18.7. The maximum absolute atomic E-state index is 11.4. The number of hydrogen-bond donors (Lipinski definition) is 3. The summed E-state index contributed by atoms with van der Waals surface area (Å²) < 4.78 is 178. The molecule has 4 heteroatoms. The van der Waals surface area contributed by atoms with Gasteiger partial charge in [-0.3, -0.25) is 0 Å². The molecule has 4 rings (SSSR count). The van der Waals surface area contributed by atoms with Crippen LogP contribution >= 0.6 is 0 Å². The number of aryl methyl sites for hydroxylation is 2. The second-order valence-electron chi connectivity index (χ2n) is 7.55. The van der Waals surface area contributed by atoms with Gasteiger partial charge in [-0.25, -0.2) is 6.57 Å². The van der Waals surface area contributed by atoms with Gasteiger partial charge in [0.1, 0.15) is 6.97 Å². The maximum atomic E-state index is 11.4. The van der Waals surface area contributed by atoms with Gasteiger partial charge in [-0.1, -0.05) is 97.9 Å². The molecule has 34 heavy (non-hydrogen) atoms. The van der Waals surface area contributed by atoms with E-state index >= 15 is 0 Å². The highest BCUT2D eigenvalue weighted by molar-refractivity contribution is 5.29. The highest BCUT2D eigenvalue weighted by atomic mass is 16.3. The van der Waals surface area contributed by atoms with E-state index in [9.17, 15) is 10.2 Å². The van der Waals surface area contributed by atoms with Crippen LogP contribution in [0.5, 0.6) is 0 Å². The van der Waals surface area contributed by atoms with Gasteiger partial charge in [-0.05, 0) is 44.9 Å². The summed E-state index contributed by atoms with van der Waals surface area (Å²) in [6, 6.07) is 7.57. The summed E-state index contributed by atoms with van der Waals surface area (Å²) in [6.45, 7) is 9.94. The molecule has 4 nitrogen and oxygen atoms in total. The SMILES string of the molecule is [2H]C(CN)(c1ccc(C)cc1)C1(O)C([2H])([2H])C([2H])([2H])C([2H])([2H])C([2H])([2H])C1([2H])[2H].[2H]C([N+]#[C-])(c1ccc(C)cc1)C1(O)C([2H])([2H])C([2H])([2H])C([2H])([2H])C([2H])([2H])C1([2H])[2H]. The number of hydrogen-bond acceptors (Lipinski definition) is 3. The summed E-state index contributed by atoms with van der Waals surface area (Å²) in [4.78, 5) is 2.92. The van der Waals surface area contributed by atoms with Crippen LogP contribution < -0.4 is 5.73 Å². The minimum Gasteiger partial charge on any atom is -0.389 e. The summed E-state index contributed by atoms with van der Waals surface area (Å²) in [7, 11) is 0. The summed E-state index contributed by atoms with van der Waals surface area (Å²) in [5.74, 6) is -2.73. The highest BCUT2D eigenvalue weighted by Gasteiger charge is 2.43. The minimum absolute atomic E-state index is 0.148. The van der Waals surface area contributed by atoms with Crippen LogP contribution in [0.1, 0.15) is 128 Å². The summed E-state index contributed by atoms with van der Waals surface area (Å²) in [5, 5.41) is 22.7. The molecule has 0 aromatic heterocycles. The largest absolute Gasteiger partial charge is 0.389 e. The van der Waals surface area contributed by atoms with Crippen molar-refractivity contribution in [2.24, 2.45) is 5.73 Å². The number of nitrogens with two attached hydrogens (primary N) is 1. The van der Waals surface area contributed by atoms with Crippen molar-refractivity contribution in [3.63, 3.8) is 0 Å². The van der Waals surface area contributed by atoms with Crippen molar-refractivity contribution in [1.82, 2.24) is 0 Å². The second kappa shape index (κ2) is 12.0. The van der Waals surface area contributed by atoms with Gasteiger partial charge in [-0.2, -0.15) is 0 Å². The quantitative estimate of drug-likeness (QED) is 0.431. The molecule has 0 spiro atoms. The smallest absolute Gasteiger partial charge is 0.276 e. The molecule has 0 heterocycles. The first-order valence-corrected chi connectivity index (χ1v) is 10.3. The van der Waals surface area contributed by atoms with E-state index < -0.39 is 93.4 Å². The first-order valence-electron chi connectivity index (χ1n) is 21.3. The first-order chi connectivity index (χ1) is 24.6. The fourth-order valence-corrected chi connectivity index (χ4v) is 3.18. The average Bonchev–Trinajstić information content (AvgIpc) is 3.09. The molecule has 2 aromatic carbocycles. The van der Waals surface area contributed by atoms with Crippen LogP contribution in [-0.2, 0) is 0 Å². The Hall–Kier alpha value is -2.19. The van der Waals surface area contributed by atoms with E-state index in [4.69, 9.17) is 42.5 Å². The van der Waals surface area contributed by atoms with Crippen molar-refractivity contribution in [2.45, 2.75) is 101 Å². The first kappa shape index (κ1) is 9.69. The van der Waals surface area contributed by atoms with E-state index in [-0.39, 0.29) is 11.1 Å². The second-order valence-corrected chi connectivity index (χ2v) is 7.55. The third-order valence-electron chi connectivity index (χ3n) is 5.04. The Balaban J connectivity index is 0.000000300. The van der Waals surface area contributed by atoms with Gasteiger partial charge in [-0.15, -0.1) is 0 Å². The van der Waals surface area contributed by atoms with Gasteiger partial charge in [0.05, 0.1) is 5.60 Å². The van der Waals surface area contributed by atoms with Gasteiger partial charge in [0, 0.05) is 46.8 Å². The monoisotopic (exact) mass is 484 g/mol. The summed E-state index contributed by atoms with van der Waals surface area (Å²) in [6.07, 6.45) is -37.6. The van der Waals surface area contributed by atoms with Gasteiger partial charge in [0.25, 0.3) is 6.02 Å². The Labute approximate surface area is 236 Å². The van der Waals surface area contributed by atoms with Crippen molar-refractivity contribution in [3.05, 3.63) is 82.2 Å². The van der Waals surface area contributed by atoms with Crippen LogP contribution in [0.3, 0.4) is 0 Å². The highest BCUT2D eigenvalue weighted by Crippen LogP contribution is 2.41. The standard InChI is InChI=1S/C15H19NO.C15H23NO/c1-12-6-8-13(9-7-12)14(16-2)15(17)10-4-3-5-11-15;1-12-5-7-13(8-6-12)14(11-16)15(17)9-3-2-4-10-15/h6-9,14,17H,3-5,10-11H2,1H3;5-8,14,17H,2-4,9-11,16H2,1H3/i3D2,4D2,5D2,10D2,11D2,14D;2D2,3D2,4D2,9D2,10D2,14D. The summed E-state index contributed by atoms with van der Waals surface area (Å²) in [5.41, 5.74) is -1.04. The predicted molar refractivity (Wildman–Crippen MR) is 140 cm³/mol. The van der Waals surface area contributed by atoms with E-state index in [0.717, 1.165) is 5.56 Å². The third-order valence-corrected chi connectivity index (χ3v) is 5.04. The van der Waals surface area contributed by atoms with Crippen LogP contribution in [0.25, 0.3) is 4.85 Å². The van der Waals surface area contributed by atoms with Crippen LogP contribution in [0.2, 0.25) is 0 Å². The zero-order valence-electron chi connectivity index (χ0n) is 40.7. The van der Waals surface area contributed by atoms with E-state index in [2.05, 4.69) is 4.85 Å². The molecule has 2 saturated carbocycles. The van der Waals surface area contributed by atoms with Crippen molar-refractivity contribution in [1.29, 1.82) is 0 Å². The van der Waals surface area contributed by atoms with Crippen molar-refractivity contribution in [2.75, 3.05) is 6.54 Å². The number of benzene rings is 2. The lowest BCUT2D eigenvalue weighted by Gasteiger charge is -2.39. The lowest BCUT2D eigenvalue weighted by atomic mass is 9.73. The van der Waals surface area contributed by atoms with E-state index in [0.29, 0.717) is 5.56 Å². The molecular weight excluding hydrogens is 420 g/mol. The summed E-state index contributed by atoms with van der Waals surface area (Å²) >= 11 is 0. The molecule has 2 aliphatic rings. The maximum Gasteiger partial charge on any atom is 0.276 e. The fourth-order valence-electron chi connectivity index (χ4n) is 3.18. The molecule has 2 atom stereocenters. The van der Waals surface area contributed by atoms with Gasteiger partial charge in [0.2, 0.25) is 0 Å². The van der Waals surface area contributed by atoms with Crippen LogP contribution in [0.15, 0.2) is 48.5 Å². The fraction of sp³-hybridized carbons (Fsp3) is 0.567. The minimum atomic E-state index is -3.91. The molecule has 0 radical (unpaired) electrons. The Morgan fingerprint density at radius 1 is 0.824 bits per heavy atom. The molecule has 2 aliphatic carbocycles. The van der Waals surface area contributed by atoms with E-state index in [1.54, 1.807) is 13.8 Å². The molecule has 2 unspecified atom stereocenters. The number of rotatable bonds is 5. The normalized spacial score (nSPS) is 47.1. The molecule has 2 aromatic rings. The lowest BCUT2D eigenvalue weighted by Crippen LogP contribution is -2.41. The van der Waals surface area contributed by atoms with Crippen LogP contribution in [-0.4, -0.2) is 28.0 Å². The predicted octanol–water partition coefficient (Wildman–Crippen LogP) is 6.38. The Morgan fingerprint density at radius 3 is 1.65 bits per heavy atom. The van der Waals surface area contributed by atoms with E-state index in [1.807, 2.05) is 0 Å². The molecule has 0 amide bonds. The van der Waals surface area contributed by atoms with E-state index in [1.165, 1.54) is 48.5 Å². The van der Waals surface area contributed by atoms with Gasteiger partial charge < -0.3 is 20.8 Å². The third kappa shape index (κ3) is 6.48. The van der Waals surface area contributed by atoms with Crippen molar-refractivity contribution < 1.29 is 40.4 Å². The van der Waals surface area contributed by atoms with Gasteiger partial charge in [0.15, 0.2) is 0 Å². The number of nitrogens with zero attached hydrogens (tertiary/aromatic N) is 1. The Bertz CT molecular complexity index is 1800. The molecular formula is C30H42N2O2. The van der Waals surface area contributed by atoms with Crippen LogP contribution in [0.4, 0.5) is 0 Å². The average molecular weight is 485 g/mol. The molecule has 184 valence electrons. The molecule has 2 fully saturated rings. The lowest BCUT2D eigenvalue weighted by molar-refractivity contribution is -0.0194. The zero-order chi connectivity index (χ0) is 44.4. The molecule has 4 N–H and O–H groups in total. The Kier molecular flexibility index (Phi) is 3.42. The van der Waals surface area contributed by atoms with Gasteiger partial charge >= 0.3 is 0 Å². The topological polar surface area (TPSA) is 70.8 Å². The Morgan fingerprint density at radius 2 is 1.24 bits per heavy atom. The molecule has 0 saturated heterocycles. The van der Waals surface area contributed by atoms with Crippen molar-refractivity contribution in [3.8, 4) is 0 Å². The molecule has 0 aliphatic heterocycles. The molecule has 0 bridgehead atoms. The number of aliphatic hydroxyl groups is 2. The van der Waals surface area contributed by atoms with Crippen molar-refractivity contribution >= 4 is 0 Å². The van der Waals surface area contributed by atoms with Crippen LogP contribution in [0, 0.1) is 20.4 Å².